The summed E-state index contributed by atoms with van der Waals surface area (Å²) in [6.07, 6.45) is 2.37. The second-order valence-electron chi connectivity index (χ2n) is 7.44. The van der Waals surface area contributed by atoms with Gasteiger partial charge < -0.3 is 15.4 Å². The Hall–Kier alpha value is -1.89. The molecule has 0 aromatic heterocycles. The summed E-state index contributed by atoms with van der Waals surface area (Å²) in [5.41, 5.74) is 1.79. The molecule has 0 amide bonds. The second kappa shape index (κ2) is 10.2. The van der Waals surface area contributed by atoms with Crippen molar-refractivity contribution in [2.75, 3.05) is 32.1 Å². The van der Waals surface area contributed by atoms with Gasteiger partial charge in [-0.05, 0) is 68.3 Å². The number of thiocarbonyl (C=S) groups is 1. The van der Waals surface area contributed by atoms with Crippen LogP contribution >= 0.6 is 23.8 Å². The lowest BCUT2D eigenvalue weighted by atomic mass is 9.95. The molecule has 7 heteroatoms. The molecule has 4 nitrogen and oxygen atoms in total. The summed E-state index contributed by atoms with van der Waals surface area (Å²) in [6, 6.07) is 12.7. The molecule has 0 radical (unpaired) electrons. The van der Waals surface area contributed by atoms with Gasteiger partial charge in [-0.1, -0.05) is 36.7 Å². The van der Waals surface area contributed by atoms with Crippen LogP contribution in [-0.2, 0) is 0 Å². The summed E-state index contributed by atoms with van der Waals surface area (Å²) < 4.78 is 19.0. The molecule has 0 saturated carbocycles. The average Bonchev–Trinajstić information content (AvgIpc) is 2.72. The van der Waals surface area contributed by atoms with Crippen LogP contribution < -0.4 is 15.4 Å². The molecule has 1 aliphatic rings. The zero-order chi connectivity index (χ0) is 20.8. The van der Waals surface area contributed by atoms with Crippen LogP contribution in [0.4, 0.5) is 10.1 Å². The first-order chi connectivity index (χ1) is 14.0. The molecule has 2 aromatic carbocycles. The third kappa shape index (κ3) is 5.81. The minimum atomic E-state index is -0.452. The largest absolute Gasteiger partial charge is 0.496 e. The first kappa shape index (κ1) is 21.8. The summed E-state index contributed by atoms with van der Waals surface area (Å²) >= 11 is 11.3. The summed E-state index contributed by atoms with van der Waals surface area (Å²) in [5.74, 6) is 1.18. The van der Waals surface area contributed by atoms with E-state index in [1.165, 1.54) is 25.0 Å². The molecule has 29 heavy (non-hydrogen) atoms. The third-order valence-electron chi connectivity index (χ3n) is 5.39. The highest BCUT2D eigenvalue weighted by Gasteiger charge is 2.26. The number of methoxy groups -OCH3 is 1. The standard InChI is InChI=1S/C22H27ClFN3OS/c1-15-9-11-27(12-10-15)20(17-5-3-4-6-21(17)28-2)14-25-22(29)26-16-7-8-19(24)18(23)13-16/h3-8,13,15,20H,9-12,14H2,1-2H3,(H2,25,26,29). The zero-order valence-corrected chi connectivity index (χ0v) is 18.3. The van der Waals surface area contributed by atoms with Crippen molar-refractivity contribution in [1.82, 2.24) is 10.2 Å². The first-order valence-electron chi connectivity index (χ1n) is 9.84. The highest BCUT2D eigenvalue weighted by Crippen LogP contribution is 2.32. The zero-order valence-electron chi connectivity index (χ0n) is 16.8. The molecule has 1 saturated heterocycles. The van der Waals surface area contributed by atoms with E-state index in [1.54, 1.807) is 13.2 Å². The first-order valence-corrected chi connectivity index (χ1v) is 10.6. The Kier molecular flexibility index (Phi) is 7.70. The van der Waals surface area contributed by atoms with Crippen molar-refractivity contribution in [3.63, 3.8) is 0 Å². The minimum absolute atomic E-state index is 0.0622. The summed E-state index contributed by atoms with van der Waals surface area (Å²) in [6.45, 7) is 5.02. The van der Waals surface area contributed by atoms with Crippen molar-refractivity contribution < 1.29 is 9.13 Å². The fraction of sp³-hybridized carbons (Fsp3) is 0.409. The number of halogens is 2. The molecule has 1 heterocycles. The number of benzene rings is 2. The number of nitrogens with zero attached hydrogens (tertiary/aromatic N) is 1. The van der Waals surface area contributed by atoms with Gasteiger partial charge in [-0.3, -0.25) is 4.90 Å². The molecule has 0 aliphatic carbocycles. The van der Waals surface area contributed by atoms with Crippen molar-refractivity contribution in [2.45, 2.75) is 25.8 Å². The van der Waals surface area contributed by atoms with Crippen molar-refractivity contribution >= 4 is 34.6 Å². The van der Waals surface area contributed by atoms with Gasteiger partial charge in [0.05, 0.1) is 18.2 Å². The molecule has 3 rings (SSSR count). The SMILES string of the molecule is COc1ccccc1C(CNC(=S)Nc1ccc(F)c(Cl)c1)N1CCC(C)CC1. The van der Waals surface area contributed by atoms with Gasteiger partial charge in [0.1, 0.15) is 11.6 Å². The van der Waals surface area contributed by atoms with E-state index in [-0.39, 0.29) is 11.1 Å². The van der Waals surface area contributed by atoms with Crippen LogP contribution in [0.25, 0.3) is 0 Å². The van der Waals surface area contributed by atoms with E-state index in [0.29, 0.717) is 17.3 Å². The maximum atomic E-state index is 13.4. The van der Waals surface area contributed by atoms with Crippen LogP contribution in [0.3, 0.4) is 0 Å². The van der Waals surface area contributed by atoms with Crippen LogP contribution in [0.15, 0.2) is 42.5 Å². The maximum absolute atomic E-state index is 13.4. The molecule has 1 atom stereocenters. The Bertz CT molecular complexity index is 843. The molecule has 1 fully saturated rings. The van der Waals surface area contributed by atoms with Crippen molar-refractivity contribution in [3.8, 4) is 5.75 Å². The lowest BCUT2D eigenvalue weighted by molar-refractivity contribution is 0.136. The predicted molar refractivity (Wildman–Crippen MR) is 121 cm³/mol. The van der Waals surface area contributed by atoms with Crippen molar-refractivity contribution in [3.05, 3.63) is 58.9 Å². The van der Waals surface area contributed by atoms with Gasteiger partial charge in [-0.15, -0.1) is 0 Å². The van der Waals surface area contributed by atoms with E-state index in [9.17, 15) is 4.39 Å². The fourth-order valence-electron chi connectivity index (χ4n) is 3.66. The number of hydrogen-bond acceptors (Lipinski definition) is 3. The highest BCUT2D eigenvalue weighted by atomic mass is 35.5. The summed E-state index contributed by atoms with van der Waals surface area (Å²) in [5, 5.41) is 6.92. The lowest BCUT2D eigenvalue weighted by Gasteiger charge is -2.37. The van der Waals surface area contributed by atoms with Crippen LogP contribution in [0.1, 0.15) is 31.4 Å². The van der Waals surface area contributed by atoms with Crippen molar-refractivity contribution in [1.29, 1.82) is 0 Å². The van der Waals surface area contributed by atoms with Crippen LogP contribution in [-0.4, -0.2) is 36.8 Å². The Morgan fingerprint density at radius 1 is 1.28 bits per heavy atom. The van der Waals surface area contributed by atoms with Crippen LogP contribution in [0.5, 0.6) is 5.75 Å². The number of rotatable bonds is 6. The Labute approximate surface area is 182 Å². The third-order valence-corrected chi connectivity index (χ3v) is 5.93. The Balaban J connectivity index is 1.71. The molecule has 0 bridgehead atoms. The molecule has 2 aromatic rings. The number of likely N-dealkylation sites (tertiary alicyclic amines) is 1. The fourth-order valence-corrected chi connectivity index (χ4v) is 4.04. The Morgan fingerprint density at radius 3 is 2.69 bits per heavy atom. The van der Waals surface area contributed by atoms with E-state index in [1.807, 2.05) is 18.2 Å². The lowest BCUT2D eigenvalue weighted by Crippen LogP contribution is -2.42. The topological polar surface area (TPSA) is 36.5 Å². The summed E-state index contributed by atoms with van der Waals surface area (Å²) in [7, 11) is 1.70. The maximum Gasteiger partial charge on any atom is 0.170 e. The molecule has 156 valence electrons. The van der Waals surface area contributed by atoms with Gasteiger partial charge in [0.2, 0.25) is 0 Å². The van der Waals surface area contributed by atoms with E-state index >= 15 is 0 Å². The quantitative estimate of drug-likeness (QED) is 0.606. The van der Waals surface area contributed by atoms with Gasteiger partial charge in [-0.2, -0.15) is 0 Å². The molecular weight excluding hydrogens is 409 g/mol. The van der Waals surface area contributed by atoms with E-state index in [2.05, 4.69) is 28.5 Å². The minimum Gasteiger partial charge on any atom is -0.496 e. The molecule has 0 spiro atoms. The number of ether oxygens (including phenoxy) is 1. The van der Waals surface area contributed by atoms with Crippen LogP contribution in [0.2, 0.25) is 5.02 Å². The number of anilines is 1. The van der Waals surface area contributed by atoms with Crippen molar-refractivity contribution in [2.24, 2.45) is 5.92 Å². The molecule has 1 aliphatic heterocycles. The van der Waals surface area contributed by atoms with Gasteiger partial charge in [0, 0.05) is 17.8 Å². The molecule has 1 unspecified atom stereocenters. The van der Waals surface area contributed by atoms with Gasteiger partial charge in [0.25, 0.3) is 0 Å². The van der Waals surface area contributed by atoms with E-state index < -0.39 is 5.82 Å². The Morgan fingerprint density at radius 2 is 2.00 bits per heavy atom. The van der Waals surface area contributed by atoms with E-state index in [0.717, 1.165) is 30.3 Å². The normalized spacial score (nSPS) is 16.3. The number of hydrogen-bond donors (Lipinski definition) is 2. The highest BCUT2D eigenvalue weighted by molar-refractivity contribution is 7.80. The van der Waals surface area contributed by atoms with Gasteiger partial charge in [0.15, 0.2) is 5.11 Å². The van der Waals surface area contributed by atoms with Gasteiger partial charge >= 0.3 is 0 Å². The average molecular weight is 436 g/mol. The molecule has 2 N–H and O–H groups in total. The predicted octanol–water partition coefficient (Wildman–Crippen LogP) is 5.25. The van der Waals surface area contributed by atoms with Crippen LogP contribution in [0, 0.1) is 11.7 Å². The van der Waals surface area contributed by atoms with Gasteiger partial charge in [-0.25, -0.2) is 4.39 Å². The monoisotopic (exact) mass is 435 g/mol. The number of nitrogens with one attached hydrogen (secondary N) is 2. The molecular formula is C22H27ClFN3OS. The second-order valence-corrected chi connectivity index (χ2v) is 8.26. The van der Waals surface area contributed by atoms with E-state index in [4.69, 9.17) is 28.6 Å². The number of para-hydroxylation sites is 1. The summed E-state index contributed by atoms with van der Waals surface area (Å²) in [4.78, 5) is 2.49. The number of piperidine rings is 1. The smallest absolute Gasteiger partial charge is 0.170 e.